The highest BCUT2D eigenvalue weighted by Gasteiger charge is 2.24. The van der Waals surface area contributed by atoms with Gasteiger partial charge in [-0.3, -0.25) is 0 Å². The first-order valence-electron chi connectivity index (χ1n) is 8.14. The van der Waals surface area contributed by atoms with Crippen molar-refractivity contribution >= 4 is 22.6 Å². The Balaban J connectivity index is 2.02. The largest absolute Gasteiger partial charge is 0.490 e. The van der Waals surface area contributed by atoms with Crippen molar-refractivity contribution in [1.29, 1.82) is 0 Å². The summed E-state index contributed by atoms with van der Waals surface area (Å²) in [5, 5.41) is 3.63. The van der Waals surface area contributed by atoms with Gasteiger partial charge in [-0.25, -0.2) is 0 Å². The average Bonchev–Trinajstić information content (AvgIpc) is 2.56. The molecule has 0 aromatic heterocycles. The molecule has 0 saturated heterocycles. The van der Waals surface area contributed by atoms with Crippen LogP contribution in [0.15, 0.2) is 36.4 Å². The number of fused-ring (bicyclic) bond motifs is 1. The van der Waals surface area contributed by atoms with E-state index >= 15 is 0 Å². The van der Waals surface area contributed by atoms with E-state index in [-0.39, 0.29) is 6.04 Å². The number of nitrogens with one attached hydrogen (secondary N) is 1. The lowest BCUT2D eigenvalue weighted by Crippen LogP contribution is -2.30. The molecule has 1 aliphatic heterocycles. The molecule has 0 aliphatic carbocycles. The number of hydrogen-bond acceptors (Lipinski definition) is 3. The third kappa shape index (κ3) is 3.63. The van der Waals surface area contributed by atoms with Crippen LogP contribution in [0.4, 0.5) is 0 Å². The summed E-state index contributed by atoms with van der Waals surface area (Å²) >= 11 is 2.34. The highest BCUT2D eigenvalue weighted by Crippen LogP contribution is 2.37. The van der Waals surface area contributed by atoms with Crippen LogP contribution in [0.5, 0.6) is 11.5 Å². The minimum atomic E-state index is 0.214. The van der Waals surface area contributed by atoms with E-state index in [4.69, 9.17) is 9.47 Å². The van der Waals surface area contributed by atoms with Gasteiger partial charge < -0.3 is 14.8 Å². The summed E-state index contributed by atoms with van der Waals surface area (Å²) in [5.74, 6) is 1.70. The molecule has 2 aromatic carbocycles. The first-order chi connectivity index (χ1) is 11.2. The van der Waals surface area contributed by atoms with E-state index in [1.807, 2.05) is 13.8 Å². The van der Waals surface area contributed by atoms with Crippen molar-refractivity contribution in [3.63, 3.8) is 0 Å². The Morgan fingerprint density at radius 1 is 1.04 bits per heavy atom. The predicted molar refractivity (Wildman–Crippen MR) is 101 cm³/mol. The van der Waals surface area contributed by atoms with Crippen molar-refractivity contribution in [2.45, 2.75) is 26.3 Å². The first kappa shape index (κ1) is 16.6. The molecule has 1 heterocycles. The quantitative estimate of drug-likeness (QED) is 0.727. The van der Waals surface area contributed by atoms with Crippen molar-refractivity contribution in [3.05, 3.63) is 56.7 Å². The molecule has 1 unspecified atom stereocenters. The van der Waals surface area contributed by atoms with Gasteiger partial charge in [-0.15, -0.1) is 0 Å². The maximum Gasteiger partial charge on any atom is 0.161 e. The minimum Gasteiger partial charge on any atom is -0.490 e. The van der Waals surface area contributed by atoms with Gasteiger partial charge in [0.05, 0.1) is 19.3 Å². The second kappa shape index (κ2) is 7.53. The van der Waals surface area contributed by atoms with Gasteiger partial charge >= 0.3 is 0 Å². The molecular weight excluding hydrogens is 401 g/mol. The van der Waals surface area contributed by atoms with E-state index in [9.17, 15) is 0 Å². The first-order valence-corrected chi connectivity index (χ1v) is 9.22. The van der Waals surface area contributed by atoms with E-state index in [1.165, 1.54) is 20.3 Å². The second-order valence-electron chi connectivity index (χ2n) is 5.55. The summed E-state index contributed by atoms with van der Waals surface area (Å²) in [5.41, 5.74) is 3.93. The molecule has 0 radical (unpaired) electrons. The molecule has 3 nitrogen and oxygen atoms in total. The number of halogens is 1. The van der Waals surface area contributed by atoms with Crippen molar-refractivity contribution in [1.82, 2.24) is 5.32 Å². The van der Waals surface area contributed by atoms with E-state index in [0.717, 1.165) is 24.5 Å². The zero-order valence-corrected chi connectivity index (χ0v) is 15.7. The Morgan fingerprint density at radius 3 is 2.35 bits per heavy atom. The van der Waals surface area contributed by atoms with Crippen molar-refractivity contribution in [3.8, 4) is 11.5 Å². The lowest BCUT2D eigenvalue weighted by molar-refractivity contribution is 0.286. The minimum absolute atomic E-state index is 0.214. The van der Waals surface area contributed by atoms with Crippen LogP contribution in [0.3, 0.4) is 0 Å². The summed E-state index contributed by atoms with van der Waals surface area (Å²) in [6.45, 7) is 6.27. The van der Waals surface area contributed by atoms with Gasteiger partial charge in [-0.2, -0.15) is 0 Å². The maximum atomic E-state index is 5.80. The Labute approximate surface area is 151 Å². The van der Waals surface area contributed by atoms with Crippen LogP contribution >= 0.6 is 22.6 Å². The van der Waals surface area contributed by atoms with E-state index in [1.54, 1.807) is 0 Å². The number of benzene rings is 2. The Hall–Kier alpha value is -1.27. The number of ether oxygens (including phenoxy) is 2. The molecule has 1 N–H and O–H groups in total. The van der Waals surface area contributed by atoms with Crippen molar-refractivity contribution < 1.29 is 9.47 Å². The Kier molecular flexibility index (Phi) is 5.43. The molecule has 0 saturated carbocycles. The molecule has 122 valence electrons. The maximum absolute atomic E-state index is 5.80. The monoisotopic (exact) mass is 423 g/mol. The molecule has 2 aromatic rings. The normalized spacial score (nSPS) is 16.7. The molecular formula is C19H22INO2. The van der Waals surface area contributed by atoms with Gasteiger partial charge in [-0.05, 0) is 83.8 Å². The van der Waals surface area contributed by atoms with Gasteiger partial charge in [0.15, 0.2) is 11.5 Å². The zero-order valence-electron chi connectivity index (χ0n) is 13.6. The molecule has 23 heavy (non-hydrogen) atoms. The summed E-state index contributed by atoms with van der Waals surface area (Å²) < 4.78 is 12.8. The highest BCUT2D eigenvalue weighted by atomic mass is 127. The van der Waals surface area contributed by atoms with Crippen LogP contribution in [-0.4, -0.2) is 19.8 Å². The van der Waals surface area contributed by atoms with E-state index in [0.29, 0.717) is 13.2 Å². The molecule has 1 aliphatic rings. The third-order valence-electron chi connectivity index (χ3n) is 4.06. The Morgan fingerprint density at radius 2 is 1.70 bits per heavy atom. The highest BCUT2D eigenvalue weighted by molar-refractivity contribution is 14.1. The third-order valence-corrected chi connectivity index (χ3v) is 4.78. The molecule has 0 fully saturated rings. The summed E-state index contributed by atoms with van der Waals surface area (Å²) in [6.07, 6.45) is 1.02. The Bertz CT molecular complexity index is 670. The van der Waals surface area contributed by atoms with Gasteiger partial charge in [-0.1, -0.05) is 12.1 Å². The van der Waals surface area contributed by atoms with Crippen LogP contribution in [0.2, 0.25) is 0 Å². The second-order valence-corrected chi connectivity index (χ2v) is 6.80. The number of rotatable bonds is 5. The topological polar surface area (TPSA) is 30.5 Å². The molecule has 0 spiro atoms. The molecule has 4 heteroatoms. The average molecular weight is 423 g/mol. The lowest BCUT2D eigenvalue weighted by atomic mass is 9.89. The van der Waals surface area contributed by atoms with Gasteiger partial charge in [0, 0.05) is 10.1 Å². The summed E-state index contributed by atoms with van der Waals surface area (Å²) in [4.78, 5) is 0. The molecule has 0 amide bonds. The fraction of sp³-hybridized carbons (Fsp3) is 0.368. The van der Waals surface area contributed by atoms with Crippen LogP contribution < -0.4 is 14.8 Å². The number of hydrogen-bond donors (Lipinski definition) is 1. The fourth-order valence-corrected chi connectivity index (χ4v) is 3.41. The van der Waals surface area contributed by atoms with Crippen molar-refractivity contribution in [2.24, 2.45) is 0 Å². The SMILES string of the molecule is CCOc1cc2c(cc1OCC)C(c1ccc(I)cc1)NCC2. The van der Waals surface area contributed by atoms with Crippen molar-refractivity contribution in [2.75, 3.05) is 19.8 Å². The van der Waals surface area contributed by atoms with E-state index in [2.05, 4.69) is 64.3 Å². The lowest BCUT2D eigenvalue weighted by Gasteiger charge is -2.29. The van der Waals surface area contributed by atoms with Gasteiger partial charge in [0.25, 0.3) is 0 Å². The van der Waals surface area contributed by atoms with Gasteiger partial charge in [0.2, 0.25) is 0 Å². The van der Waals surface area contributed by atoms with Crippen LogP contribution in [0, 0.1) is 3.57 Å². The van der Waals surface area contributed by atoms with Crippen LogP contribution in [-0.2, 0) is 6.42 Å². The van der Waals surface area contributed by atoms with Crippen LogP contribution in [0.25, 0.3) is 0 Å². The van der Waals surface area contributed by atoms with E-state index < -0.39 is 0 Å². The fourth-order valence-electron chi connectivity index (χ4n) is 3.05. The molecule has 3 rings (SSSR count). The zero-order chi connectivity index (χ0) is 16.2. The summed E-state index contributed by atoms with van der Waals surface area (Å²) in [6, 6.07) is 13.2. The molecule has 0 bridgehead atoms. The van der Waals surface area contributed by atoms with Gasteiger partial charge in [0.1, 0.15) is 0 Å². The standard InChI is InChI=1S/C19H22INO2/c1-3-22-17-11-14-9-10-21-19(13-5-7-15(20)8-6-13)16(14)12-18(17)23-4-2/h5-8,11-12,19,21H,3-4,9-10H2,1-2H3. The predicted octanol–water partition coefficient (Wildman–Crippen LogP) is 4.32. The summed E-state index contributed by atoms with van der Waals surface area (Å²) in [7, 11) is 0. The smallest absolute Gasteiger partial charge is 0.161 e. The van der Waals surface area contributed by atoms with Crippen LogP contribution in [0.1, 0.15) is 36.6 Å². The molecule has 1 atom stereocenters.